The molecule has 0 N–H and O–H groups in total. The molecule has 1 radical (unpaired) electrons. The van der Waals surface area contributed by atoms with Crippen molar-refractivity contribution in [3.05, 3.63) is 109 Å². The van der Waals surface area contributed by atoms with Crippen molar-refractivity contribution in [2.45, 2.75) is 0 Å². The predicted octanol–water partition coefficient (Wildman–Crippen LogP) is 3.57. The van der Waals surface area contributed by atoms with Gasteiger partial charge in [-0.1, -0.05) is 11.8 Å². The molecule has 0 saturated carbocycles. The number of hydrogen-bond acceptors (Lipinski definition) is 6. The van der Waals surface area contributed by atoms with Crippen LogP contribution in [-0.4, -0.2) is 22.8 Å². The molecule has 0 fully saturated rings. The summed E-state index contributed by atoms with van der Waals surface area (Å²) >= 11 is 0. The number of hydrogen-bond donors (Lipinski definition) is 0. The summed E-state index contributed by atoms with van der Waals surface area (Å²) < 4.78 is 0. The Morgan fingerprint density at radius 1 is 0.552 bits per heavy atom. The molecular weight excluding hydrogens is 404 g/mol. The third-order valence-electron chi connectivity index (χ3n) is 3.84. The Hall–Kier alpha value is -3.90. The van der Waals surface area contributed by atoms with Crippen LogP contribution in [0, 0.1) is 29.7 Å². The quantitative estimate of drug-likeness (QED) is 0.447. The first-order valence-corrected chi connectivity index (χ1v) is 8.10. The van der Waals surface area contributed by atoms with Gasteiger partial charge in [0.1, 0.15) is 0 Å². The zero-order valence-electron chi connectivity index (χ0n) is 14.9. The Morgan fingerprint density at radius 2 is 0.966 bits per heavy atom. The van der Waals surface area contributed by atoms with Crippen LogP contribution in [0.1, 0.15) is 0 Å². The topological polar surface area (TPSA) is 97.0 Å². The number of allylic oxidation sites excluding steroid dienone is 12. The summed E-state index contributed by atoms with van der Waals surface area (Å²) in [6.45, 7) is 9.50. The second-order valence-corrected chi connectivity index (χ2v) is 5.67. The molecule has 8 bridgehead atoms. The summed E-state index contributed by atoms with van der Waals surface area (Å²) in [5.41, 5.74) is 6.88. The van der Waals surface area contributed by atoms with Gasteiger partial charge in [0, 0.05) is 5.71 Å². The molecule has 0 amide bonds. The van der Waals surface area contributed by atoms with Gasteiger partial charge in [-0.05, 0) is 54.3 Å². The van der Waals surface area contributed by atoms with E-state index < -0.39 is 0 Å². The average Bonchev–Trinajstić information content (AvgIpc) is 3.51. The van der Waals surface area contributed by atoms with Crippen molar-refractivity contribution < 1.29 is 17.1 Å². The molecule has 0 spiro atoms. The van der Waals surface area contributed by atoms with E-state index in [-0.39, 0.29) is 17.1 Å². The van der Waals surface area contributed by atoms with Gasteiger partial charge in [0.05, 0.1) is 28.5 Å². The Bertz CT molecular complexity index is 932. The van der Waals surface area contributed by atoms with Gasteiger partial charge in [0.2, 0.25) is 0 Å². The summed E-state index contributed by atoms with van der Waals surface area (Å²) in [5.74, 6) is 0. The summed E-state index contributed by atoms with van der Waals surface area (Å²) in [5, 5.41) is 12.5. The first kappa shape index (κ1) is 21.4. The molecule has 0 aliphatic carbocycles. The van der Waals surface area contributed by atoms with Crippen LogP contribution in [0.15, 0.2) is 110 Å². The molecule has 0 aromatic heterocycles. The first-order valence-electron chi connectivity index (χ1n) is 8.10. The molecule has 0 aromatic carbocycles. The minimum Gasteiger partial charge on any atom is -0.512 e. The van der Waals surface area contributed by atoms with Gasteiger partial charge < -0.3 is 28.7 Å². The number of aliphatic imine (C=N–C) groups is 4. The minimum atomic E-state index is 0. The van der Waals surface area contributed by atoms with Gasteiger partial charge in [0.15, 0.2) is 0 Å². The van der Waals surface area contributed by atoms with Crippen molar-refractivity contribution in [3.63, 3.8) is 0 Å². The third kappa shape index (κ3) is 5.09. The van der Waals surface area contributed by atoms with Crippen molar-refractivity contribution in [2.75, 3.05) is 0 Å². The Balaban J connectivity index is 0.000000567. The van der Waals surface area contributed by atoms with Crippen LogP contribution in [0.25, 0.3) is 0 Å². The van der Waals surface area contributed by atoms with Crippen molar-refractivity contribution in [3.8, 4) is 0 Å². The fraction of sp³-hybridized carbons (Fsp3) is 0. The standard InChI is InChI=1S/C20H11N4.2CN.Fe/c1-2-14-10-16-5-6-18(23-16)12-20-8-7-19(24-20)11-17-4-3-15(22-17)9-13(1)21-14;2*1-2;/h1-7,9-12H;;;/q3*-1;+3. The number of fused-ring (bicyclic) bond motifs is 4. The van der Waals surface area contributed by atoms with Gasteiger partial charge in [-0.25, -0.2) is 4.99 Å². The number of nitrogens with zero attached hydrogens (tertiary/aromatic N) is 6. The van der Waals surface area contributed by atoms with E-state index in [1.807, 2.05) is 66.8 Å². The zero-order valence-corrected chi connectivity index (χ0v) is 16.0. The summed E-state index contributed by atoms with van der Waals surface area (Å²) in [6.07, 6.45) is 24.7. The van der Waals surface area contributed by atoms with Crippen molar-refractivity contribution in [1.29, 1.82) is 10.5 Å². The second kappa shape index (κ2) is 9.87. The van der Waals surface area contributed by atoms with E-state index in [0.717, 1.165) is 45.6 Å². The number of rotatable bonds is 0. The van der Waals surface area contributed by atoms with E-state index in [1.165, 1.54) is 0 Å². The molecule has 0 saturated heterocycles. The maximum Gasteiger partial charge on any atom is 3.00 e. The molecule has 5 aliphatic rings. The van der Waals surface area contributed by atoms with E-state index >= 15 is 0 Å². The molecule has 5 aliphatic heterocycles. The summed E-state index contributed by atoms with van der Waals surface area (Å²) in [7, 11) is 0. The van der Waals surface area contributed by atoms with E-state index in [4.69, 9.17) is 23.7 Å². The van der Waals surface area contributed by atoms with E-state index in [2.05, 4.69) is 26.0 Å². The third-order valence-corrected chi connectivity index (χ3v) is 3.84. The van der Waals surface area contributed by atoms with Crippen LogP contribution < -0.4 is 0 Å². The average molecular weight is 415 g/mol. The Labute approximate surface area is 179 Å². The molecule has 0 atom stereocenters. The van der Waals surface area contributed by atoms with Gasteiger partial charge >= 0.3 is 17.1 Å². The van der Waals surface area contributed by atoms with Crippen LogP contribution in [0.5, 0.6) is 0 Å². The predicted molar refractivity (Wildman–Crippen MR) is 107 cm³/mol. The normalized spacial score (nSPS) is 18.9. The van der Waals surface area contributed by atoms with Gasteiger partial charge in [0.25, 0.3) is 0 Å². The summed E-state index contributed by atoms with van der Waals surface area (Å²) in [4.78, 5) is 18.3. The molecule has 7 heteroatoms. The Kier molecular flexibility index (Phi) is 7.28. The van der Waals surface area contributed by atoms with Crippen molar-refractivity contribution >= 4 is 22.8 Å². The minimum absolute atomic E-state index is 0. The molecule has 5 heterocycles. The van der Waals surface area contributed by atoms with Crippen LogP contribution in [0.2, 0.25) is 0 Å². The van der Waals surface area contributed by atoms with Gasteiger partial charge in [-0.15, -0.1) is 12.2 Å². The fourth-order valence-electron chi connectivity index (χ4n) is 2.76. The molecule has 0 unspecified atom stereocenters. The monoisotopic (exact) mass is 415 g/mol. The van der Waals surface area contributed by atoms with Crippen LogP contribution in [0.4, 0.5) is 0 Å². The second-order valence-electron chi connectivity index (χ2n) is 5.67. The fourth-order valence-corrected chi connectivity index (χ4v) is 2.76. The first-order chi connectivity index (χ1) is 13.8. The molecule has 6 nitrogen and oxygen atoms in total. The van der Waals surface area contributed by atoms with Crippen molar-refractivity contribution in [2.24, 2.45) is 20.0 Å². The molecular formula is C22H11FeN6. The van der Waals surface area contributed by atoms with Crippen LogP contribution in [0.3, 0.4) is 0 Å². The van der Waals surface area contributed by atoms with Crippen molar-refractivity contribution in [1.82, 2.24) is 0 Å². The molecule has 5 rings (SSSR count). The summed E-state index contributed by atoms with van der Waals surface area (Å²) in [6, 6.07) is 0. The van der Waals surface area contributed by atoms with Gasteiger partial charge in [-0.2, -0.15) is 6.08 Å². The molecule has 137 valence electrons. The van der Waals surface area contributed by atoms with E-state index in [9.17, 15) is 0 Å². The zero-order chi connectivity index (χ0) is 19.9. The van der Waals surface area contributed by atoms with E-state index in [0.29, 0.717) is 0 Å². The Morgan fingerprint density at radius 3 is 1.45 bits per heavy atom. The van der Waals surface area contributed by atoms with Crippen LogP contribution >= 0.6 is 0 Å². The maximum atomic E-state index is 6.25. The molecule has 0 aromatic rings. The maximum absolute atomic E-state index is 6.25. The SMILES string of the molecule is [C-]#N.[C-]#N.[C-]1=CC2=NC1=CC1=NC(=CC3=NC(=CC4=NC(=C2)C=C4)C=C3)C=C1.[Fe+3]. The van der Waals surface area contributed by atoms with Crippen LogP contribution in [-0.2, 0) is 17.1 Å². The van der Waals surface area contributed by atoms with Gasteiger partial charge in [-0.3, -0.25) is 9.98 Å². The smallest absolute Gasteiger partial charge is 0.512 e. The molecule has 29 heavy (non-hydrogen) atoms. The largest absolute Gasteiger partial charge is 3.00 e. The van der Waals surface area contributed by atoms with E-state index in [1.54, 1.807) is 0 Å².